The van der Waals surface area contributed by atoms with Gasteiger partial charge in [0.2, 0.25) is 0 Å². The molecule has 2 saturated heterocycles. The number of amides is 1. The fourth-order valence-corrected chi connectivity index (χ4v) is 6.35. The van der Waals surface area contributed by atoms with E-state index in [0.29, 0.717) is 28.4 Å². The minimum Gasteiger partial charge on any atom is -0.444 e. The maximum absolute atomic E-state index is 13.2. The highest BCUT2D eigenvalue weighted by Gasteiger charge is 2.35. The van der Waals surface area contributed by atoms with Gasteiger partial charge in [0.25, 0.3) is 5.91 Å². The lowest BCUT2D eigenvalue weighted by Crippen LogP contribution is -2.59. The van der Waals surface area contributed by atoms with Crippen molar-refractivity contribution in [3.63, 3.8) is 0 Å². The van der Waals surface area contributed by atoms with Crippen LogP contribution < -0.4 is 4.90 Å². The van der Waals surface area contributed by atoms with Gasteiger partial charge in [0.15, 0.2) is 12.2 Å². The highest BCUT2D eigenvalue weighted by Crippen LogP contribution is 2.32. The summed E-state index contributed by atoms with van der Waals surface area (Å²) in [7, 11) is 0. The smallest absolute Gasteiger partial charge is 0.253 e. The number of anilines is 1. The van der Waals surface area contributed by atoms with E-state index in [0.717, 1.165) is 81.2 Å². The zero-order valence-corrected chi connectivity index (χ0v) is 23.4. The van der Waals surface area contributed by atoms with Gasteiger partial charge in [-0.3, -0.25) is 9.69 Å². The molecular formula is C30H34ClN7O2. The molecule has 1 N–H and O–H groups in total. The topological polar surface area (TPSA) is 94.4 Å². The number of rotatable bonds is 7. The van der Waals surface area contributed by atoms with E-state index < -0.39 is 0 Å². The number of hydrogen-bond donors (Lipinski definition) is 1. The van der Waals surface area contributed by atoms with Gasteiger partial charge >= 0.3 is 0 Å². The lowest BCUT2D eigenvalue weighted by Gasteiger charge is -2.48. The van der Waals surface area contributed by atoms with Crippen LogP contribution in [0.25, 0.3) is 22.7 Å². The van der Waals surface area contributed by atoms with Gasteiger partial charge in [0, 0.05) is 80.1 Å². The third kappa shape index (κ3) is 5.48. The number of oxazole rings is 1. The molecule has 0 spiro atoms. The lowest BCUT2D eigenvalue weighted by atomic mass is 9.96. The van der Waals surface area contributed by atoms with Gasteiger partial charge in [-0.1, -0.05) is 37.1 Å². The van der Waals surface area contributed by atoms with E-state index in [2.05, 4.69) is 31.7 Å². The van der Waals surface area contributed by atoms with Gasteiger partial charge in [0.05, 0.1) is 11.2 Å². The molecule has 10 heteroatoms. The second kappa shape index (κ2) is 11.8. The maximum Gasteiger partial charge on any atom is 0.253 e. The molecule has 2 aliphatic rings. The van der Waals surface area contributed by atoms with E-state index in [1.165, 1.54) is 6.39 Å². The van der Waals surface area contributed by atoms with Crippen LogP contribution in [0.5, 0.6) is 0 Å². The first kappa shape index (κ1) is 26.5. The number of pyridine rings is 1. The van der Waals surface area contributed by atoms with E-state index in [4.69, 9.17) is 21.0 Å². The van der Waals surface area contributed by atoms with Crippen molar-refractivity contribution in [2.75, 3.05) is 37.6 Å². The Morgan fingerprint density at radius 1 is 1.07 bits per heavy atom. The molecule has 0 unspecified atom stereocenters. The SMILES string of the molecule is CCC[C@H]1CN(c2ncc(-c3ncc[nH]3)cc2Cl)CCN1C1CCN(C(=O)c2ccc(-c3cnco3)cc2)CC1. The third-order valence-corrected chi connectivity index (χ3v) is 8.39. The lowest BCUT2D eigenvalue weighted by molar-refractivity contribution is 0.0481. The molecule has 1 atom stereocenters. The third-order valence-electron chi connectivity index (χ3n) is 8.11. The van der Waals surface area contributed by atoms with Crippen LogP contribution in [0.2, 0.25) is 5.02 Å². The largest absolute Gasteiger partial charge is 0.444 e. The molecule has 2 aliphatic heterocycles. The monoisotopic (exact) mass is 559 g/mol. The Morgan fingerprint density at radius 3 is 2.58 bits per heavy atom. The van der Waals surface area contributed by atoms with Gasteiger partial charge in [-0.05, 0) is 37.5 Å². The number of piperazine rings is 1. The number of nitrogens with zero attached hydrogens (tertiary/aromatic N) is 6. The minimum absolute atomic E-state index is 0.0937. The number of aromatic nitrogens is 4. The number of likely N-dealkylation sites (tertiary alicyclic amines) is 1. The molecule has 0 bridgehead atoms. The minimum atomic E-state index is 0.0937. The van der Waals surface area contributed by atoms with E-state index in [9.17, 15) is 4.79 Å². The van der Waals surface area contributed by atoms with Crippen molar-refractivity contribution in [1.29, 1.82) is 0 Å². The summed E-state index contributed by atoms with van der Waals surface area (Å²) >= 11 is 6.72. The molecule has 6 rings (SSSR count). The number of imidazole rings is 1. The number of halogens is 1. The zero-order valence-electron chi connectivity index (χ0n) is 22.7. The van der Waals surface area contributed by atoms with Crippen molar-refractivity contribution >= 4 is 23.3 Å². The highest BCUT2D eigenvalue weighted by molar-refractivity contribution is 6.33. The summed E-state index contributed by atoms with van der Waals surface area (Å²) in [5, 5.41) is 0.651. The first-order chi connectivity index (χ1) is 19.6. The maximum atomic E-state index is 13.2. The number of carbonyl (C=O) groups is 1. The Labute approximate surface area is 239 Å². The average molecular weight is 560 g/mol. The van der Waals surface area contributed by atoms with Crippen LogP contribution in [-0.4, -0.2) is 80.5 Å². The van der Waals surface area contributed by atoms with Crippen LogP contribution >= 0.6 is 11.6 Å². The molecule has 4 aromatic rings. The van der Waals surface area contributed by atoms with Gasteiger partial charge in [0.1, 0.15) is 11.6 Å². The van der Waals surface area contributed by atoms with E-state index in [-0.39, 0.29) is 5.91 Å². The van der Waals surface area contributed by atoms with Crippen LogP contribution in [0, 0.1) is 0 Å². The molecule has 5 heterocycles. The summed E-state index contributed by atoms with van der Waals surface area (Å²) in [4.78, 5) is 36.3. The van der Waals surface area contributed by atoms with Crippen LogP contribution in [0.1, 0.15) is 43.0 Å². The molecule has 3 aromatic heterocycles. The van der Waals surface area contributed by atoms with Crippen molar-refractivity contribution in [1.82, 2.24) is 29.7 Å². The predicted octanol–water partition coefficient (Wildman–Crippen LogP) is 5.38. The predicted molar refractivity (Wildman–Crippen MR) is 155 cm³/mol. The van der Waals surface area contributed by atoms with Crippen LogP contribution in [0.15, 0.2) is 65.9 Å². The molecule has 0 saturated carbocycles. The van der Waals surface area contributed by atoms with Gasteiger partial charge in [-0.25, -0.2) is 15.0 Å². The molecule has 1 amide bonds. The molecule has 0 radical (unpaired) electrons. The number of hydrogen-bond acceptors (Lipinski definition) is 7. The number of H-pyrrole nitrogens is 1. The summed E-state index contributed by atoms with van der Waals surface area (Å²) in [5.74, 6) is 2.40. The molecule has 1 aromatic carbocycles. The molecule has 9 nitrogen and oxygen atoms in total. The Bertz CT molecular complexity index is 1400. The van der Waals surface area contributed by atoms with Crippen molar-refractivity contribution in [2.45, 2.75) is 44.7 Å². The molecule has 0 aliphatic carbocycles. The Morgan fingerprint density at radius 2 is 1.90 bits per heavy atom. The second-order valence-electron chi connectivity index (χ2n) is 10.6. The quantitative estimate of drug-likeness (QED) is 0.325. The fraction of sp³-hybridized carbons (Fsp3) is 0.400. The summed E-state index contributed by atoms with van der Waals surface area (Å²) in [6.07, 6.45) is 12.7. The van der Waals surface area contributed by atoms with Gasteiger partial charge in [-0.2, -0.15) is 0 Å². The van der Waals surface area contributed by atoms with E-state index >= 15 is 0 Å². The Hall–Kier alpha value is -3.69. The fourth-order valence-electron chi connectivity index (χ4n) is 6.07. The summed E-state index contributed by atoms with van der Waals surface area (Å²) in [5.41, 5.74) is 2.51. The van der Waals surface area contributed by atoms with Crippen LogP contribution in [-0.2, 0) is 0 Å². The molecule has 208 valence electrons. The van der Waals surface area contributed by atoms with Gasteiger partial charge in [-0.15, -0.1) is 0 Å². The number of nitrogens with one attached hydrogen (secondary N) is 1. The van der Waals surface area contributed by atoms with Crippen LogP contribution in [0.3, 0.4) is 0 Å². The normalized spacial score (nSPS) is 18.8. The molecular weight excluding hydrogens is 526 g/mol. The van der Waals surface area contributed by atoms with Crippen LogP contribution in [0.4, 0.5) is 5.82 Å². The number of carbonyl (C=O) groups excluding carboxylic acids is 1. The standard InChI is InChI=1S/C30H34ClN7O2/c1-2-3-25-19-37(29-26(31)16-23(17-35-29)28-33-10-11-34-28)14-15-38(25)24-8-12-36(13-9-24)30(39)22-6-4-21(5-7-22)27-18-32-20-40-27/h4-7,10-11,16-18,20,24-25H,2-3,8-9,12-15,19H2,1H3,(H,33,34)/t25-/m0/s1. The zero-order chi connectivity index (χ0) is 27.5. The molecule has 40 heavy (non-hydrogen) atoms. The Kier molecular flexibility index (Phi) is 7.84. The van der Waals surface area contributed by atoms with E-state index in [1.807, 2.05) is 41.4 Å². The number of piperidine rings is 1. The highest BCUT2D eigenvalue weighted by atomic mass is 35.5. The summed E-state index contributed by atoms with van der Waals surface area (Å²) in [6.45, 7) is 6.53. The van der Waals surface area contributed by atoms with Crippen molar-refractivity contribution in [3.8, 4) is 22.7 Å². The van der Waals surface area contributed by atoms with Crippen molar-refractivity contribution in [3.05, 3.63) is 72.1 Å². The summed E-state index contributed by atoms with van der Waals surface area (Å²) in [6, 6.07) is 10.4. The molecule has 2 fully saturated rings. The van der Waals surface area contributed by atoms with Crippen molar-refractivity contribution < 1.29 is 9.21 Å². The average Bonchev–Trinajstić information content (AvgIpc) is 3.73. The first-order valence-electron chi connectivity index (χ1n) is 14.0. The summed E-state index contributed by atoms with van der Waals surface area (Å²) < 4.78 is 5.36. The number of benzene rings is 1. The number of aromatic amines is 1. The Balaban J connectivity index is 1.07. The van der Waals surface area contributed by atoms with Gasteiger partial charge < -0.3 is 19.2 Å². The second-order valence-corrected chi connectivity index (χ2v) is 11.0. The van der Waals surface area contributed by atoms with E-state index in [1.54, 1.807) is 18.6 Å². The first-order valence-corrected chi connectivity index (χ1v) is 14.4. The van der Waals surface area contributed by atoms with Crippen molar-refractivity contribution in [2.24, 2.45) is 0 Å².